The molecule has 5 rings (SSSR count). The average molecular weight is 407 g/mol. The molecule has 3 heterocycles. The second-order valence-corrected chi connectivity index (χ2v) is 7.80. The summed E-state index contributed by atoms with van der Waals surface area (Å²) in [6.45, 7) is 2.09. The highest BCUT2D eigenvalue weighted by Crippen LogP contribution is 2.38. The number of ether oxygens (including phenoxy) is 3. The number of methoxy groups -OCH3 is 1. The van der Waals surface area contributed by atoms with Gasteiger partial charge in [0.25, 0.3) is 0 Å². The molecule has 0 aliphatic carbocycles. The number of carbonyl (C=O) groups excluding carboxylic acids is 1. The molecule has 0 bridgehead atoms. The van der Waals surface area contributed by atoms with Crippen LogP contribution in [0.15, 0.2) is 47.1 Å². The highest BCUT2D eigenvalue weighted by molar-refractivity contribution is 5.88. The lowest BCUT2D eigenvalue weighted by Gasteiger charge is -2.25. The first-order valence-corrected chi connectivity index (χ1v) is 10.5. The van der Waals surface area contributed by atoms with Gasteiger partial charge in [-0.15, -0.1) is 0 Å². The number of nitrogens with zero attached hydrogens (tertiary/aromatic N) is 1. The highest BCUT2D eigenvalue weighted by atomic mass is 16.5. The number of hydrogen-bond donors (Lipinski definition) is 0. The number of carbonyl (C=O) groups is 1. The number of hydrogen-bond acceptors (Lipinski definition) is 5. The van der Waals surface area contributed by atoms with Gasteiger partial charge >= 0.3 is 0 Å². The van der Waals surface area contributed by atoms with E-state index in [0.29, 0.717) is 19.6 Å². The Bertz CT molecular complexity index is 1070. The van der Waals surface area contributed by atoms with E-state index in [0.717, 1.165) is 65.2 Å². The molecule has 2 aliphatic heterocycles. The van der Waals surface area contributed by atoms with Crippen LogP contribution < -0.4 is 14.2 Å². The largest absolute Gasteiger partial charge is 0.497 e. The third-order valence-electron chi connectivity index (χ3n) is 5.93. The quantitative estimate of drug-likeness (QED) is 0.637. The van der Waals surface area contributed by atoms with Gasteiger partial charge in [-0.05, 0) is 42.7 Å². The molecule has 1 saturated heterocycles. The van der Waals surface area contributed by atoms with Crippen LogP contribution in [0.4, 0.5) is 0 Å². The van der Waals surface area contributed by atoms with Crippen molar-refractivity contribution in [3.05, 3.63) is 53.8 Å². The van der Waals surface area contributed by atoms with E-state index in [1.807, 2.05) is 35.2 Å². The summed E-state index contributed by atoms with van der Waals surface area (Å²) in [5, 5.41) is 0.954. The van der Waals surface area contributed by atoms with Crippen LogP contribution in [0.5, 0.6) is 17.2 Å². The fourth-order valence-electron chi connectivity index (χ4n) is 4.39. The predicted molar refractivity (Wildman–Crippen MR) is 112 cm³/mol. The summed E-state index contributed by atoms with van der Waals surface area (Å²) in [7, 11) is 1.63. The average Bonchev–Trinajstić information content (AvgIpc) is 3.34. The first kappa shape index (κ1) is 18.9. The minimum atomic E-state index is 0.0629. The van der Waals surface area contributed by atoms with Crippen molar-refractivity contribution in [3.63, 3.8) is 0 Å². The van der Waals surface area contributed by atoms with Crippen molar-refractivity contribution in [2.75, 3.05) is 26.9 Å². The second-order valence-electron chi connectivity index (χ2n) is 7.80. The molecule has 0 unspecified atom stereocenters. The summed E-state index contributed by atoms with van der Waals surface area (Å²) in [5.74, 6) is 2.42. The highest BCUT2D eigenvalue weighted by Gasteiger charge is 2.31. The Kier molecular flexibility index (Phi) is 4.99. The van der Waals surface area contributed by atoms with E-state index in [1.165, 1.54) is 0 Å². The van der Waals surface area contributed by atoms with Gasteiger partial charge in [0, 0.05) is 30.0 Å². The van der Waals surface area contributed by atoms with E-state index in [-0.39, 0.29) is 11.9 Å². The number of benzene rings is 2. The van der Waals surface area contributed by atoms with Crippen molar-refractivity contribution in [3.8, 4) is 17.2 Å². The lowest BCUT2D eigenvalue weighted by atomic mass is 10.0. The molecule has 1 aromatic heterocycles. The molecule has 0 radical (unpaired) electrons. The number of fused-ring (bicyclic) bond motifs is 2. The van der Waals surface area contributed by atoms with Crippen LogP contribution in [-0.4, -0.2) is 37.7 Å². The molecule has 156 valence electrons. The van der Waals surface area contributed by atoms with Gasteiger partial charge in [0.15, 0.2) is 11.5 Å². The van der Waals surface area contributed by atoms with E-state index in [2.05, 4.69) is 6.07 Å². The summed E-state index contributed by atoms with van der Waals surface area (Å²) >= 11 is 0. The molecule has 3 aromatic rings. The van der Waals surface area contributed by atoms with Gasteiger partial charge in [-0.25, -0.2) is 0 Å². The number of amides is 1. The number of rotatable bonds is 4. The molecular formula is C24H25NO5. The Morgan fingerprint density at radius 2 is 1.97 bits per heavy atom. The van der Waals surface area contributed by atoms with Crippen molar-refractivity contribution in [2.24, 2.45) is 0 Å². The molecule has 1 fully saturated rings. The minimum absolute atomic E-state index is 0.0629. The lowest BCUT2D eigenvalue weighted by molar-refractivity contribution is -0.131. The van der Waals surface area contributed by atoms with Crippen LogP contribution in [0.2, 0.25) is 0 Å². The molecule has 2 aromatic carbocycles. The molecule has 0 N–H and O–H groups in total. The van der Waals surface area contributed by atoms with Crippen molar-refractivity contribution < 1.29 is 23.4 Å². The van der Waals surface area contributed by atoms with Gasteiger partial charge in [-0.2, -0.15) is 0 Å². The molecule has 30 heavy (non-hydrogen) atoms. The van der Waals surface area contributed by atoms with Crippen LogP contribution in [0.3, 0.4) is 0 Å². The van der Waals surface area contributed by atoms with Gasteiger partial charge in [0.05, 0.1) is 39.0 Å². The Balaban J connectivity index is 1.36. The van der Waals surface area contributed by atoms with Crippen molar-refractivity contribution in [1.82, 2.24) is 4.90 Å². The summed E-state index contributed by atoms with van der Waals surface area (Å²) < 4.78 is 22.5. The fraction of sp³-hybridized carbons (Fsp3) is 0.375. The van der Waals surface area contributed by atoms with Crippen LogP contribution in [0.25, 0.3) is 11.0 Å². The van der Waals surface area contributed by atoms with Crippen LogP contribution >= 0.6 is 0 Å². The normalized spacial score (nSPS) is 18.4. The monoisotopic (exact) mass is 407 g/mol. The van der Waals surface area contributed by atoms with Crippen molar-refractivity contribution in [2.45, 2.75) is 31.7 Å². The molecular weight excluding hydrogens is 382 g/mol. The summed E-state index contributed by atoms with van der Waals surface area (Å²) in [5.41, 5.74) is 2.74. The fourth-order valence-corrected chi connectivity index (χ4v) is 4.39. The van der Waals surface area contributed by atoms with E-state index >= 15 is 0 Å². The van der Waals surface area contributed by atoms with Crippen LogP contribution in [-0.2, 0) is 11.2 Å². The molecule has 6 nitrogen and oxygen atoms in total. The summed E-state index contributed by atoms with van der Waals surface area (Å²) in [6.07, 6.45) is 4.83. The molecule has 6 heteroatoms. The molecule has 0 spiro atoms. The molecule has 0 saturated carbocycles. The molecule has 2 aliphatic rings. The Morgan fingerprint density at radius 3 is 2.83 bits per heavy atom. The van der Waals surface area contributed by atoms with Gasteiger partial charge in [0.2, 0.25) is 5.91 Å². The summed E-state index contributed by atoms with van der Waals surface area (Å²) in [4.78, 5) is 15.2. The smallest absolute Gasteiger partial charge is 0.227 e. The number of furan rings is 1. The number of likely N-dealkylation sites (tertiary alicyclic amines) is 1. The Hall–Kier alpha value is -3.15. The van der Waals surface area contributed by atoms with E-state index in [4.69, 9.17) is 18.6 Å². The van der Waals surface area contributed by atoms with Gasteiger partial charge < -0.3 is 23.5 Å². The Morgan fingerprint density at radius 1 is 1.10 bits per heavy atom. The zero-order valence-electron chi connectivity index (χ0n) is 17.1. The topological polar surface area (TPSA) is 61.1 Å². The van der Waals surface area contributed by atoms with Gasteiger partial charge in [-0.3, -0.25) is 4.79 Å². The molecule has 1 atom stereocenters. The van der Waals surface area contributed by atoms with Crippen LogP contribution in [0.1, 0.15) is 36.4 Å². The zero-order valence-corrected chi connectivity index (χ0v) is 17.1. The second kappa shape index (κ2) is 7.94. The first-order valence-electron chi connectivity index (χ1n) is 10.5. The maximum atomic E-state index is 13.2. The third kappa shape index (κ3) is 3.47. The van der Waals surface area contributed by atoms with E-state index in [9.17, 15) is 4.79 Å². The lowest BCUT2D eigenvalue weighted by Crippen LogP contribution is -2.31. The first-order chi connectivity index (χ1) is 14.7. The van der Waals surface area contributed by atoms with Gasteiger partial charge in [0.1, 0.15) is 11.3 Å². The predicted octanol–water partition coefficient (Wildman–Crippen LogP) is 4.51. The van der Waals surface area contributed by atoms with E-state index in [1.54, 1.807) is 13.4 Å². The SMILES string of the molecule is COc1ccc2c(CC(=O)N3CCC[C@H]3c3ccc4c(c3)OCCCO4)coc2c1. The van der Waals surface area contributed by atoms with Crippen molar-refractivity contribution in [1.29, 1.82) is 0 Å². The Labute approximate surface area is 175 Å². The van der Waals surface area contributed by atoms with Gasteiger partial charge in [-0.1, -0.05) is 6.07 Å². The standard InChI is InChI=1S/C24H25NO5/c1-27-18-6-7-19-17(15-30-22(19)14-18)13-24(26)25-9-2-4-20(25)16-5-8-21-23(12-16)29-11-3-10-28-21/h5-8,12,14-15,20H,2-4,9-11,13H2,1H3/t20-/m0/s1. The van der Waals surface area contributed by atoms with E-state index < -0.39 is 0 Å². The zero-order chi connectivity index (χ0) is 20.5. The maximum Gasteiger partial charge on any atom is 0.227 e. The summed E-state index contributed by atoms with van der Waals surface area (Å²) in [6, 6.07) is 11.8. The van der Waals surface area contributed by atoms with Crippen molar-refractivity contribution >= 4 is 16.9 Å². The molecule has 1 amide bonds. The minimum Gasteiger partial charge on any atom is -0.497 e. The third-order valence-corrected chi connectivity index (χ3v) is 5.93. The van der Waals surface area contributed by atoms with Crippen LogP contribution in [0, 0.1) is 0 Å². The maximum absolute atomic E-state index is 13.2.